The van der Waals surface area contributed by atoms with Crippen molar-refractivity contribution in [3.63, 3.8) is 0 Å². The molecular weight excluding hydrogens is 771 g/mol. The number of unbranched alkanes of at least 4 members (excludes halogenated alkanes) is 3. The van der Waals surface area contributed by atoms with E-state index < -0.39 is 6.23 Å². The molecule has 0 radical (unpaired) electrons. The lowest BCUT2D eigenvalue weighted by Gasteiger charge is -2.41. The first-order valence-electron chi connectivity index (χ1n) is 24.3. The van der Waals surface area contributed by atoms with Crippen molar-refractivity contribution in [2.75, 3.05) is 4.90 Å². The van der Waals surface area contributed by atoms with Crippen molar-refractivity contribution in [1.82, 2.24) is 9.47 Å². The van der Waals surface area contributed by atoms with E-state index in [-0.39, 0.29) is 33.6 Å². The van der Waals surface area contributed by atoms with E-state index >= 15 is 0 Å². The van der Waals surface area contributed by atoms with Crippen LogP contribution in [0.25, 0.3) is 32.6 Å². The number of carbonyl (C=O) groups excluding carboxylic acids is 1. The van der Waals surface area contributed by atoms with Crippen LogP contribution in [0, 0.1) is 10.8 Å². The monoisotopic (exact) mass is 846 g/mol. The molecule has 1 aliphatic carbocycles. The summed E-state index contributed by atoms with van der Waals surface area (Å²) in [6, 6.07) is 34.1. The zero-order chi connectivity index (χ0) is 45.1. The Morgan fingerprint density at radius 1 is 0.619 bits per heavy atom. The number of aromatic nitrogens is 1. The lowest BCUT2D eigenvalue weighted by molar-refractivity contribution is -0.0228. The van der Waals surface area contributed by atoms with Crippen LogP contribution in [0.3, 0.4) is 0 Å². The minimum absolute atomic E-state index is 0.0297. The quantitative estimate of drug-likeness (QED) is 0.118. The van der Waals surface area contributed by atoms with Gasteiger partial charge in [0.2, 0.25) is 0 Å². The van der Waals surface area contributed by atoms with Crippen molar-refractivity contribution >= 4 is 55.5 Å². The Morgan fingerprint density at radius 2 is 1.19 bits per heavy atom. The summed E-state index contributed by atoms with van der Waals surface area (Å²) in [5.41, 5.74) is 10.4. The number of carbonyl (C=O) groups is 1. The topological polar surface area (TPSA) is 48.7 Å². The van der Waals surface area contributed by atoms with Crippen LogP contribution in [-0.2, 0) is 17.4 Å². The van der Waals surface area contributed by atoms with E-state index in [1.54, 1.807) is 0 Å². The molecule has 5 heteroatoms. The Balaban J connectivity index is 1.31. The average molecular weight is 846 g/mol. The van der Waals surface area contributed by atoms with Gasteiger partial charge in [-0.2, -0.15) is 0 Å². The first kappa shape index (κ1) is 45.0. The van der Waals surface area contributed by atoms with E-state index in [9.17, 15) is 9.90 Å². The summed E-state index contributed by atoms with van der Waals surface area (Å²) in [6.07, 6.45) is 11.1. The van der Waals surface area contributed by atoms with Crippen LogP contribution in [0.15, 0.2) is 91.0 Å². The predicted octanol–water partition coefficient (Wildman–Crippen LogP) is 16.2. The van der Waals surface area contributed by atoms with Crippen LogP contribution in [0.4, 0.5) is 17.1 Å². The smallest absolute Gasteiger partial charge is 0.257 e. The number of aliphatic hydroxyl groups is 1. The zero-order valence-corrected chi connectivity index (χ0v) is 40.5. The molecule has 5 nitrogen and oxygen atoms in total. The van der Waals surface area contributed by atoms with E-state index in [1.807, 2.05) is 11.0 Å². The lowest BCUT2D eigenvalue weighted by Crippen LogP contribution is -2.46. The van der Waals surface area contributed by atoms with Gasteiger partial charge in [-0.15, -0.1) is 0 Å². The highest BCUT2D eigenvalue weighted by Gasteiger charge is 2.39. The van der Waals surface area contributed by atoms with Crippen LogP contribution in [0.2, 0.25) is 0 Å². The molecule has 1 aliphatic heterocycles. The molecule has 6 aromatic rings. The van der Waals surface area contributed by atoms with Gasteiger partial charge in [-0.05, 0) is 113 Å². The number of anilines is 3. The third-order valence-corrected chi connectivity index (χ3v) is 14.2. The Labute approximate surface area is 378 Å². The van der Waals surface area contributed by atoms with Crippen LogP contribution in [0.5, 0.6) is 0 Å². The predicted molar refractivity (Wildman–Crippen MR) is 268 cm³/mol. The second-order valence-electron chi connectivity index (χ2n) is 23.1. The molecule has 1 N–H and O–H groups in total. The van der Waals surface area contributed by atoms with Gasteiger partial charge in [0, 0.05) is 51.4 Å². The van der Waals surface area contributed by atoms with Gasteiger partial charge in [0.25, 0.3) is 5.91 Å². The highest BCUT2D eigenvalue weighted by Crippen LogP contribution is 2.47. The first-order chi connectivity index (χ1) is 29.8. The lowest BCUT2D eigenvalue weighted by atomic mass is 9.72. The van der Waals surface area contributed by atoms with Crippen molar-refractivity contribution in [3.05, 3.63) is 113 Å². The number of nitrogens with zero attached hydrogens (tertiary/aromatic N) is 3. The molecule has 334 valence electrons. The molecule has 5 aromatic carbocycles. The van der Waals surface area contributed by atoms with Crippen molar-refractivity contribution in [2.45, 2.75) is 176 Å². The van der Waals surface area contributed by atoms with Gasteiger partial charge in [-0.25, -0.2) is 0 Å². The molecule has 8 rings (SSSR count). The molecule has 1 aromatic heterocycles. The Morgan fingerprint density at radius 3 is 1.75 bits per heavy atom. The van der Waals surface area contributed by atoms with E-state index in [1.165, 1.54) is 46.7 Å². The summed E-state index contributed by atoms with van der Waals surface area (Å²) >= 11 is 0. The summed E-state index contributed by atoms with van der Waals surface area (Å²) < 4.78 is 2.50. The van der Waals surface area contributed by atoms with Gasteiger partial charge in [0.15, 0.2) is 6.23 Å². The minimum atomic E-state index is -0.937. The van der Waals surface area contributed by atoms with Crippen molar-refractivity contribution in [2.24, 2.45) is 10.8 Å². The summed E-state index contributed by atoms with van der Waals surface area (Å²) in [5, 5.41) is 16.3. The van der Waals surface area contributed by atoms with Gasteiger partial charge in [-0.1, -0.05) is 163 Å². The Kier molecular flexibility index (Phi) is 12.2. The molecule has 1 atom stereocenters. The van der Waals surface area contributed by atoms with E-state index in [0.29, 0.717) is 0 Å². The molecule has 0 saturated heterocycles. The maximum absolute atomic E-state index is 14.7. The van der Waals surface area contributed by atoms with Crippen LogP contribution < -0.4 is 4.90 Å². The molecule has 2 heterocycles. The third kappa shape index (κ3) is 8.93. The second-order valence-corrected chi connectivity index (χ2v) is 23.1. The summed E-state index contributed by atoms with van der Waals surface area (Å²) in [7, 11) is 0. The minimum Gasteiger partial charge on any atom is -0.369 e. The van der Waals surface area contributed by atoms with Crippen molar-refractivity contribution in [1.29, 1.82) is 0 Å². The highest BCUT2D eigenvalue weighted by molar-refractivity contribution is 6.26. The largest absolute Gasteiger partial charge is 0.369 e. The summed E-state index contributed by atoms with van der Waals surface area (Å²) in [5.74, 6) is -0.0297. The second kappa shape index (κ2) is 17.1. The highest BCUT2D eigenvalue weighted by atomic mass is 16.3. The molecule has 0 spiro atoms. The standard InChI is InChI=1S/C58H75N3O2/c1-12-13-14-18-34-59-49-35-44(32-33-45(49)52-46-22-19-23-47-51(46)48(36-50(52)59)54(63)61(53(47)62)41-20-16-15-17-21-41)60(42-28-24-39(25-29-42)57(8,9)37-55(2,3)4)43-30-26-40(27-31-43)58(10,11)38-56(5,6)7/h19,22-33,35-36,41,53,62H,12-18,20-21,34,37-38H2,1-11H3. The van der Waals surface area contributed by atoms with Crippen LogP contribution in [-0.4, -0.2) is 26.5 Å². The molecule has 1 amide bonds. The van der Waals surface area contributed by atoms with E-state index in [0.717, 1.165) is 102 Å². The van der Waals surface area contributed by atoms with Gasteiger partial charge in [0.1, 0.15) is 0 Å². The SMILES string of the molecule is CCCCCCn1c2cc(N(c3ccc(C(C)(C)CC(C)(C)C)cc3)c3ccc(C(C)(C)CC(C)(C)C)cc3)ccc2c2c3cccc4c3c(cc21)C(=O)N(C1CCCCC1)C4O. The molecule has 63 heavy (non-hydrogen) atoms. The van der Waals surface area contributed by atoms with Crippen LogP contribution in [0.1, 0.15) is 180 Å². The number of benzene rings is 5. The number of aliphatic hydroxyl groups excluding tert-OH is 1. The Hall–Kier alpha value is -4.61. The fourth-order valence-electron chi connectivity index (χ4n) is 12.1. The maximum atomic E-state index is 14.7. The number of hydrogen-bond acceptors (Lipinski definition) is 3. The summed E-state index contributed by atoms with van der Waals surface area (Å²) in [6.45, 7) is 26.6. The van der Waals surface area contributed by atoms with Gasteiger partial charge >= 0.3 is 0 Å². The van der Waals surface area contributed by atoms with Crippen LogP contribution >= 0.6 is 0 Å². The molecule has 1 unspecified atom stereocenters. The number of amides is 1. The molecule has 1 fully saturated rings. The molecule has 2 aliphatic rings. The van der Waals surface area contributed by atoms with E-state index in [4.69, 9.17) is 0 Å². The zero-order valence-electron chi connectivity index (χ0n) is 40.5. The number of hydrogen-bond donors (Lipinski definition) is 1. The Bertz CT molecular complexity index is 2520. The number of rotatable bonds is 13. The number of aryl methyl sites for hydroxylation is 1. The fourth-order valence-corrected chi connectivity index (χ4v) is 12.1. The number of fused-ring (bicyclic) bond motifs is 4. The van der Waals surface area contributed by atoms with Crippen molar-refractivity contribution < 1.29 is 9.90 Å². The average Bonchev–Trinajstić information content (AvgIpc) is 3.53. The van der Waals surface area contributed by atoms with E-state index in [2.05, 4.69) is 171 Å². The van der Waals surface area contributed by atoms with Crippen molar-refractivity contribution in [3.8, 4) is 0 Å². The summed E-state index contributed by atoms with van der Waals surface area (Å²) in [4.78, 5) is 18.9. The van der Waals surface area contributed by atoms with Gasteiger partial charge < -0.3 is 19.5 Å². The molecule has 1 saturated carbocycles. The molecule has 0 bridgehead atoms. The fraction of sp³-hybridized carbons (Fsp3) is 0.500. The molecular formula is C58H75N3O2. The third-order valence-electron chi connectivity index (χ3n) is 14.2. The maximum Gasteiger partial charge on any atom is 0.257 e. The normalized spacial score (nSPS) is 16.8. The van der Waals surface area contributed by atoms with Gasteiger partial charge in [0.05, 0.1) is 16.6 Å². The first-order valence-corrected chi connectivity index (χ1v) is 24.3. The van der Waals surface area contributed by atoms with Gasteiger partial charge in [-0.3, -0.25) is 4.79 Å².